The third-order valence-electron chi connectivity index (χ3n) is 2.35. The molecule has 5 heteroatoms. The zero-order chi connectivity index (χ0) is 13.1. The van der Waals surface area contributed by atoms with Crippen LogP contribution in [0.3, 0.4) is 0 Å². The number of halogens is 2. The molecule has 1 aromatic heterocycles. The van der Waals surface area contributed by atoms with Crippen LogP contribution in [-0.2, 0) is 0 Å². The highest BCUT2D eigenvalue weighted by Crippen LogP contribution is 2.31. The van der Waals surface area contributed by atoms with Crippen LogP contribution in [0.4, 0.5) is 0 Å². The molecule has 3 nitrogen and oxygen atoms in total. The van der Waals surface area contributed by atoms with E-state index in [0.717, 1.165) is 10.2 Å². The summed E-state index contributed by atoms with van der Waals surface area (Å²) in [4.78, 5) is 4.22. The quantitative estimate of drug-likeness (QED) is 0.914. The number of rotatable bonds is 3. The first kappa shape index (κ1) is 13.3. The number of hydrogen-bond acceptors (Lipinski definition) is 3. The summed E-state index contributed by atoms with van der Waals surface area (Å²) in [6.07, 6.45) is 1.64. The van der Waals surface area contributed by atoms with Crippen LogP contribution >= 0.6 is 27.5 Å². The lowest BCUT2D eigenvalue weighted by Gasteiger charge is -2.09. The predicted molar refractivity (Wildman–Crippen MR) is 76.1 cm³/mol. The van der Waals surface area contributed by atoms with Crippen molar-refractivity contribution >= 4 is 27.5 Å². The Morgan fingerprint density at radius 1 is 1.33 bits per heavy atom. The largest absolute Gasteiger partial charge is 0.454 e. The number of benzene rings is 1. The first-order valence-electron chi connectivity index (χ1n) is 5.40. The smallest absolute Gasteiger partial charge is 0.146 e. The van der Waals surface area contributed by atoms with Crippen LogP contribution in [0.5, 0.6) is 11.5 Å². The number of aromatic nitrogens is 1. The van der Waals surface area contributed by atoms with Crippen LogP contribution in [0, 0.1) is 0 Å². The molecule has 2 aromatic rings. The Hall–Kier alpha value is -1.10. The molecule has 0 amide bonds. The van der Waals surface area contributed by atoms with Gasteiger partial charge in [0, 0.05) is 10.5 Å². The average Bonchev–Trinajstić information content (AvgIpc) is 2.33. The monoisotopic (exact) mass is 326 g/mol. The van der Waals surface area contributed by atoms with E-state index in [0.29, 0.717) is 16.5 Å². The minimum absolute atomic E-state index is 0.0877. The van der Waals surface area contributed by atoms with E-state index in [9.17, 15) is 0 Å². The highest BCUT2D eigenvalue weighted by molar-refractivity contribution is 9.10. The molecule has 94 valence electrons. The first-order valence-corrected chi connectivity index (χ1v) is 6.58. The number of nitrogens with two attached hydrogens (primary N) is 1. The van der Waals surface area contributed by atoms with Gasteiger partial charge in [0.25, 0.3) is 0 Å². The Kier molecular flexibility index (Phi) is 4.22. The summed E-state index contributed by atoms with van der Waals surface area (Å²) in [6, 6.07) is 9.02. The summed E-state index contributed by atoms with van der Waals surface area (Å²) in [5, 5.41) is 0.542. The van der Waals surface area contributed by atoms with Gasteiger partial charge in [0.05, 0.1) is 16.9 Å². The van der Waals surface area contributed by atoms with Crippen LogP contribution in [0.2, 0.25) is 5.02 Å². The molecular weight excluding hydrogens is 316 g/mol. The first-order chi connectivity index (χ1) is 8.56. The van der Waals surface area contributed by atoms with Crippen LogP contribution in [-0.4, -0.2) is 4.98 Å². The summed E-state index contributed by atoms with van der Waals surface area (Å²) in [5.41, 5.74) is 6.55. The SMILES string of the molecule is C[C@@H](N)c1ccc(Oc2ccc(Br)cc2Cl)cn1. The second-order valence-electron chi connectivity index (χ2n) is 3.88. The average molecular weight is 328 g/mol. The normalized spacial score (nSPS) is 12.2. The summed E-state index contributed by atoms with van der Waals surface area (Å²) < 4.78 is 6.55. The van der Waals surface area contributed by atoms with Gasteiger partial charge in [-0.1, -0.05) is 27.5 Å². The molecule has 0 unspecified atom stereocenters. The van der Waals surface area contributed by atoms with Gasteiger partial charge in [0.1, 0.15) is 11.5 Å². The van der Waals surface area contributed by atoms with Gasteiger partial charge in [-0.25, -0.2) is 0 Å². The third-order valence-corrected chi connectivity index (χ3v) is 3.14. The molecule has 0 saturated heterocycles. The highest BCUT2D eigenvalue weighted by Gasteiger charge is 2.05. The number of pyridine rings is 1. The summed E-state index contributed by atoms with van der Waals surface area (Å²) >= 11 is 9.41. The summed E-state index contributed by atoms with van der Waals surface area (Å²) in [7, 11) is 0. The van der Waals surface area contributed by atoms with Crippen molar-refractivity contribution in [3.63, 3.8) is 0 Å². The lowest BCUT2D eigenvalue weighted by molar-refractivity contribution is 0.479. The van der Waals surface area contributed by atoms with E-state index in [1.165, 1.54) is 0 Å². The highest BCUT2D eigenvalue weighted by atomic mass is 79.9. The van der Waals surface area contributed by atoms with Crippen molar-refractivity contribution in [3.8, 4) is 11.5 Å². The van der Waals surface area contributed by atoms with Crippen molar-refractivity contribution in [2.24, 2.45) is 5.73 Å². The van der Waals surface area contributed by atoms with Gasteiger partial charge in [-0.05, 0) is 37.3 Å². The van der Waals surface area contributed by atoms with E-state index in [1.807, 2.05) is 25.1 Å². The maximum atomic E-state index is 6.07. The fourth-order valence-corrected chi connectivity index (χ4v) is 2.12. The zero-order valence-corrected chi connectivity index (χ0v) is 12.1. The van der Waals surface area contributed by atoms with Gasteiger partial charge in [0.2, 0.25) is 0 Å². The molecule has 0 bridgehead atoms. The topological polar surface area (TPSA) is 48.1 Å². The lowest BCUT2D eigenvalue weighted by Crippen LogP contribution is -2.06. The Morgan fingerprint density at radius 2 is 2.11 bits per heavy atom. The Bertz CT molecular complexity index is 543. The molecule has 2 N–H and O–H groups in total. The minimum Gasteiger partial charge on any atom is -0.454 e. The Balaban J connectivity index is 2.18. The molecule has 0 aliphatic carbocycles. The van der Waals surface area contributed by atoms with E-state index in [2.05, 4.69) is 20.9 Å². The molecule has 1 heterocycles. The molecule has 0 radical (unpaired) electrons. The fraction of sp³-hybridized carbons (Fsp3) is 0.154. The lowest BCUT2D eigenvalue weighted by atomic mass is 10.2. The third kappa shape index (κ3) is 3.22. The van der Waals surface area contributed by atoms with Gasteiger partial charge < -0.3 is 10.5 Å². The summed E-state index contributed by atoms with van der Waals surface area (Å²) in [5.74, 6) is 1.22. The molecule has 0 aliphatic rings. The van der Waals surface area contributed by atoms with Gasteiger partial charge in [-0.2, -0.15) is 0 Å². The fourth-order valence-electron chi connectivity index (χ4n) is 1.41. The molecule has 18 heavy (non-hydrogen) atoms. The predicted octanol–water partition coefficient (Wildman–Crippen LogP) is 4.31. The number of hydrogen-bond donors (Lipinski definition) is 1. The van der Waals surface area contributed by atoms with Crippen molar-refractivity contribution in [1.29, 1.82) is 0 Å². The van der Waals surface area contributed by atoms with Gasteiger partial charge in [-0.3, -0.25) is 4.98 Å². The summed E-state index contributed by atoms with van der Waals surface area (Å²) in [6.45, 7) is 1.88. The van der Waals surface area contributed by atoms with E-state index in [-0.39, 0.29) is 6.04 Å². The number of nitrogens with zero attached hydrogens (tertiary/aromatic N) is 1. The maximum Gasteiger partial charge on any atom is 0.146 e. The van der Waals surface area contributed by atoms with Crippen molar-refractivity contribution in [2.75, 3.05) is 0 Å². The Labute approximate surface area is 119 Å². The van der Waals surface area contributed by atoms with Crippen LogP contribution in [0.15, 0.2) is 41.0 Å². The Morgan fingerprint density at radius 3 is 2.67 bits per heavy atom. The van der Waals surface area contributed by atoms with Crippen molar-refractivity contribution in [3.05, 3.63) is 51.7 Å². The van der Waals surface area contributed by atoms with Crippen LogP contribution in [0.1, 0.15) is 18.7 Å². The maximum absolute atomic E-state index is 6.07. The molecular formula is C13H12BrClN2O. The van der Waals surface area contributed by atoms with E-state index < -0.39 is 0 Å². The number of ether oxygens (including phenoxy) is 1. The molecule has 0 aliphatic heterocycles. The van der Waals surface area contributed by atoms with Gasteiger partial charge >= 0.3 is 0 Å². The molecule has 1 atom stereocenters. The van der Waals surface area contributed by atoms with E-state index in [1.54, 1.807) is 18.3 Å². The van der Waals surface area contributed by atoms with E-state index in [4.69, 9.17) is 22.1 Å². The zero-order valence-electron chi connectivity index (χ0n) is 9.73. The van der Waals surface area contributed by atoms with Crippen molar-refractivity contribution in [2.45, 2.75) is 13.0 Å². The van der Waals surface area contributed by atoms with Crippen LogP contribution in [0.25, 0.3) is 0 Å². The molecule has 0 fully saturated rings. The second kappa shape index (κ2) is 5.69. The van der Waals surface area contributed by atoms with Crippen molar-refractivity contribution < 1.29 is 4.74 Å². The second-order valence-corrected chi connectivity index (χ2v) is 5.21. The molecule has 0 spiro atoms. The van der Waals surface area contributed by atoms with Gasteiger partial charge in [-0.15, -0.1) is 0 Å². The minimum atomic E-state index is -0.0877. The standard InChI is InChI=1S/C13H12BrClN2O/c1-8(16)12-4-3-10(7-17-12)18-13-5-2-9(14)6-11(13)15/h2-8H,16H2,1H3/t8-/m1/s1. The molecule has 0 saturated carbocycles. The van der Waals surface area contributed by atoms with E-state index >= 15 is 0 Å². The van der Waals surface area contributed by atoms with Crippen molar-refractivity contribution in [1.82, 2.24) is 4.98 Å². The van der Waals surface area contributed by atoms with Gasteiger partial charge in [0.15, 0.2) is 0 Å². The molecule has 1 aromatic carbocycles. The van der Waals surface area contributed by atoms with Crippen LogP contribution < -0.4 is 10.5 Å². The molecule has 2 rings (SSSR count).